The van der Waals surface area contributed by atoms with Crippen molar-refractivity contribution < 1.29 is 9.53 Å². The number of anilines is 1. The highest BCUT2D eigenvalue weighted by Crippen LogP contribution is 2.39. The highest BCUT2D eigenvalue weighted by atomic mass is 16.5. The van der Waals surface area contributed by atoms with Crippen LogP contribution < -0.4 is 10.1 Å². The third-order valence-corrected chi connectivity index (χ3v) is 6.55. The number of hydrogen-bond donors (Lipinski definition) is 2. The van der Waals surface area contributed by atoms with Crippen molar-refractivity contribution in [2.24, 2.45) is 0 Å². The van der Waals surface area contributed by atoms with Crippen LogP contribution in [0.5, 0.6) is 5.75 Å². The molecule has 7 heteroatoms. The van der Waals surface area contributed by atoms with E-state index in [1.807, 2.05) is 105 Å². The van der Waals surface area contributed by atoms with Crippen molar-refractivity contribution in [1.29, 1.82) is 0 Å². The van der Waals surface area contributed by atoms with Gasteiger partial charge in [0.05, 0.1) is 12.1 Å². The fraction of sp³-hybridized carbons (Fsp3) is 0.152. The van der Waals surface area contributed by atoms with Gasteiger partial charge < -0.3 is 10.1 Å². The van der Waals surface area contributed by atoms with Crippen LogP contribution in [0, 0.1) is 6.92 Å². The molecule has 0 fully saturated rings. The molecule has 5 aromatic rings. The number of amides is 1. The topological polar surface area (TPSA) is 92.8 Å². The smallest absolute Gasteiger partial charge is 0.228 e. The number of allylic oxidation sites excluding steroid dienone is 2. The van der Waals surface area contributed by atoms with Crippen LogP contribution in [0.25, 0.3) is 22.5 Å². The van der Waals surface area contributed by atoms with Gasteiger partial charge in [0.2, 0.25) is 11.7 Å². The number of ether oxygens (including phenoxy) is 1. The quantitative estimate of drug-likeness (QED) is 0.196. The van der Waals surface area contributed by atoms with Crippen LogP contribution >= 0.6 is 0 Å². The fourth-order valence-corrected chi connectivity index (χ4v) is 4.53. The summed E-state index contributed by atoms with van der Waals surface area (Å²) in [5.74, 6) is 1.04. The SMILES string of the molecule is C/C=C/Cc1cc(-c2ccccc2-c2nn[nH]n2)cc(NC(=O)Cc2ccc(C)cc2)c1OCc1ccccc1. The summed E-state index contributed by atoms with van der Waals surface area (Å²) in [6.07, 6.45) is 4.99. The zero-order valence-electron chi connectivity index (χ0n) is 22.6. The van der Waals surface area contributed by atoms with Crippen LogP contribution in [0.3, 0.4) is 0 Å². The zero-order valence-corrected chi connectivity index (χ0v) is 22.6. The average Bonchev–Trinajstić information content (AvgIpc) is 3.52. The molecular weight excluding hydrogens is 498 g/mol. The molecule has 0 atom stereocenters. The van der Waals surface area contributed by atoms with E-state index in [2.05, 4.69) is 38.1 Å². The van der Waals surface area contributed by atoms with Gasteiger partial charge in [-0.15, -0.1) is 10.2 Å². The predicted octanol–water partition coefficient (Wildman–Crippen LogP) is 6.72. The van der Waals surface area contributed by atoms with E-state index in [1.54, 1.807) is 0 Å². The number of benzene rings is 4. The van der Waals surface area contributed by atoms with Gasteiger partial charge in [-0.3, -0.25) is 4.79 Å². The van der Waals surface area contributed by atoms with Gasteiger partial charge in [-0.2, -0.15) is 5.21 Å². The number of aryl methyl sites for hydroxylation is 1. The lowest BCUT2D eigenvalue weighted by atomic mass is 9.95. The summed E-state index contributed by atoms with van der Waals surface area (Å²) in [5, 5.41) is 17.8. The lowest BCUT2D eigenvalue weighted by molar-refractivity contribution is -0.115. The molecule has 0 aliphatic carbocycles. The van der Waals surface area contributed by atoms with Crippen molar-refractivity contribution in [1.82, 2.24) is 20.6 Å². The number of H-pyrrole nitrogens is 1. The second-order valence-corrected chi connectivity index (χ2v) is 9.55. The minimum absolute atomic E-state index is 0.117. The number of hydrogen-bond acceptors (Lipinski definition) is 5. The van der Waals surface area contributed by atoms with E-state index in [-0.39, 0.29) is 12.3 Å². The van der Waals surface area contributed by atoms with Gasteiger partial charge in [-0.25, -0.2) is 0 Å². The fourth-order valence-electron chi connectivity index (χ4n) is 4.53. The Labute approximate surface area is 233 Å². The summed E-state index contributed by atoms with van der Waals surface area (Å²) in [6.45, 7) is 4.40. The molecular formula is C33H31N5O2. The molecule has 0 unspecified atom stereocenters. The zero-order chi connectivity index (χ0) is 27.7. The van der Waals surface area contributed by atoms with E-state index in [9.17, 15) is 4.79 Å². The van der Waals surface area contributed by atoms with Crippen molar-refractivity contribution in [2.45, 2.75) is 33.3 Å². The Kier molecular flexibility index (Phi) is 8.41. The lowest BCUT2D eigenvalue weighted by Crippen LogP contribution is -2.16. The number of aromatic nitrogens is 4. The Morgan fingerprint density at radius 2 is 1.68 bits per heavy atom. The maximum Gasteiger partial charge on any atom is 0.228 e. The second-order valence-electron chi connectivity index (χ2n) is 9.55. The van der Waals surface area contributed by atoms with Crippen LogP contribution in [-0.4, -0.2) is 26.5 Å². The number of rotatable bonds is 10. The number of carbonyl (C=O) groups excluding carboxylic acids is 1. The number of tetrazole rings is 1. The minimum Gasteiger partial charge on any atom is -0.486 e. The molecule has 7 nitrogen and oxygen atoms in total. The summed E-state index contributed by atoms with van der Waals surface area (Å²) in [5.41, 5.74) is 7.40. The first-order chi connectivity index (χ1) is 19.6. The summed E-state index contributed by atoms with van der Waals surface area (Å²) in [4.78, 5) is 13.3. The van der Waals surface area contributed by atoms with Crippen LogP contribution in [-0.2, 0) is 24.2 Å². The molecule has 4 aromatic carbocycles. The van der Waals surface area contributed by atoms with Gasteiger partial charge in [-0.1, -0.05) is 96.6 Å². The van der Waals surface area contributed by atoms with Gasteiger partial charge in [0.25, 0.3) is 0 Å². The van der Waals surface area contributed by atoms with E-state index < -0.39 is 0 Å². The predicted molar refractivity (Wildman–Crippen MR) is 158 cm³/mol. The van der Waals surface area contributed by atoms with Gasteiger partial charge in [0.1, 0.15) is 12.4 Å². The molecule has 0 aliphatic rings. The summed E-state index contributed by atoms with van der Waals surface area (Å²) in [6, 6.07) is 30.0. The summed E-state index contributed by atoms with van der Waals surface area (Å²) < 4.78 is 6.42. The molecule has 40 heavy (non-hydrogen) atoms. The van der Waals surface area contributed by atoms with Crippen molar-refractivity contribution in [3.05, 3.63) is 125 Å². The summed E-state index contributed by atoms with van der Waals surface area (Å²) in [7, 11) is 0. The van der Waals surface area contributed by atoms with Crippen LogP contribution in [0.4, 0.5) is 5.69 Å². The van der Waals surface area contributed by atoms with Crippen LogP contribution in [0.2, 0.25) is 0 Å². The Hall–Kier alpha value is -5.04. The first-order valence-corrected chi connectivity index (χ1v) is 13.2. The largest absolute Gasteiger partial charge is 0.486 e. The molecule has 1 heterocycles. The Balaban J connectivity index is 1.57. The number of nitrogens with zero attached hydrogens (tertiary/aromatic N) is 3. The van der Waals surface area contributed by atoms with E-state index in [0.717, 1.165) is 38.9 Å². The van der Waals surface area contributed by atoms with Crippen molar-refractivity contribution >= 4 is 11.6 Å². The molecule has 200 valence electrons. The number of nitrogens with one attached hydrogen (secondary N) is 2. The normalized spacial score (nSPS) is 11.1. The maximum absolute atomic E-state index is 13.3. The highest BCUT2D eigenvalue weighted by Gasteiger charge is 2.18. The van der Waals surface area contributed by atoms with Crippen molar-refractivity contribution in [3.63, 3.8) is 0 Å². The molecule has 0 spiro atoms. The van der Waals surface area contributed by atoms with E-state index in [1.165, 1.54) is 0 Å². The lowest BCUT2D eigenvalue weighted by Gasteiger charge is -2.19. The van der Waals surface area contributed by atoms with Crippen LogP contribution in [0.15, 0.2) is 103 Å². The number of aromatic amines is 1. The van der Waals surface area contributed by atoms with E-state index in [4.69, 9.17) is 4.74 Å². The monoisotopic (exact) mass is 529 g/mol. The third kappa shape index (κ3) is 6.50. The van der Waals surface area contributed by atoms with Gasteiger partial charge >= 0.3 is 0 Å². The third-order valence-electron chi connectivity index (χ3n) is 6.55. The first kappa shape index (κ1) is 26.6. The maximum atomic E-state index is 13.3. The van der Waals surface area contributed by atoms with Crippen molar-refractivity contribution in [3.8, 4) is 28.3 Å². The molecule has 1 amide bonds. The Morgan fingerprint density at radius 1 is 0.925 bits per heavy atom. The summed E-state index contributed by atoms with van der Waals surface area (Å²) >= 11 is 0. The minimum atomic E-state index is -0.117. The second kappa shape index (κ2) is 12.7. The van der Waals surface area contributed by atoms with Crippen LogP contribution in [0.1, 0.15) is 29.2 Å². The van der Waals surface area contributed by atoms with Crippen molar-refractivity contribution in [2.75, 3.05) is 5.32 Å². The molecule has 0 aliphatic heterocycles. The molecule has 1 aromatic heterocycles. The van der Waals surface area contributed by atoms with Gasteiger partial charge in [-0.05, 0) is 59.9 Å². The van der Waals surface area contributed by atoms with Gasteiger partial charge in [0.15, 0.2) is 0 Å². The molecule has 0 bridgehead atoms. The molecule has 0 saturated heterocycles. The van der Waals surface area contributed by atoms with E-state index in [0.29, 0.717) is 30.3 Å². The number of carbonyl (C=O) groups is 1. The first-order valence-electron chi connectivity index (χ1n) is 13.2. The van der Waals surface area contributed by atoms with E-state index >= 15 is 0 Å². The molecule has 5 rings (SSSR count). The Morgan fingerprint density at radius 3 is 2.40 bits per heavy atom. The van der Waals surface area contributed by atoms with Gasteiger partial charge in [0, 0.05) is 11.1 Å². The molecule has 2 N–H and O–H groups in total. The molecule has 0 saturated carbocycles. The molecule has 0 radical (unpaired) electrons. The highest BCUT2D eigenvalue weighted by molar-refractivity contribution is 5.95. The average molecular weight is 530 g/mol. The Bertz CT molecular complexity index is 1590. The standard InChI is InChI=1S/C33H31N5O2/c1-3-4-12-26-20-27(28-13-8-9-14-29(28)33-35-37-38-36-33)21-30(32(26)40-22-25-10-6-5-7-11-25)34-31(39)19-24-17-15-23(2)16-18-24/h3-11,13-18,20-21H,12,19,22H2,1-2H3,(H,34,39)(H,35,36,37,38)/b4-3+.